The van der Waals surface area contributed by atoms with Crippen molar-refractivity contribution in [3.8, 4) is 0 Å². The van der Waals surface area contributed by atoms with Gasteiger partial charge in [-0.25, -0.2) is 10.8 Å². The topological polar surface area (TPSA) is 80.8 Å². The van der Waals surface area contributed by atoms with E-state index in [1.807, 2.05) is 6.07 Å². The minimum Gasteiger partial charge on any atom is -0.370 e. The van der Waals surface area contributed by atoms with E-state index >= 15 is 0 Å². The van der Waals surface area contributed by atoms with Crippen LogP contribution in [-0.2, 0) is 19.6 Å². The van der Waals surface area contributed by atoms with E-state index in [2.05, 4.69) is 20.8 Å². The maximum Gasteiger partial charge on any atom is 0.416 e. The number of nitrogens with one attached hydrogen (secondary N) is 2. The zero-order chi connectivity index (χ0) is 15.5. The molecule has 2 heterocycles. The Morgan fingerprint density at radius 2 is 2.00 bits per heavy atom. The third-order valence-electron chi connectivity index (χ3n) is 2.76. The second-order valence-electron chi connectivity index (χ2n) is 4.43. The van der Waals surface area contributed by atoms with Crippen molar-refractivity contribution >= 4 is 11.6 Å². The summed E-state index contributed by atoms with van der Waals surface area (Å²) in [6.07, 6.45) is -2.08. The summed E-state index contributed by atoms with van der Waals surface area (Å²) >= 11 is 0. The molecule has 0 aliphatic carbocycles. The number of halogens is 3. The molecule has 2 aromatic heterocycles. The fraction of sp³-hybridized carbons (Fsp3) is 0.333. The number of pyridine rings is 1. The van der Waals surface area contributed by atoms with E-state index in [9.17, 15) is 13.2 Å². The zero-order valence-corrected chi connectivity index (χ0v) is 11.3. The Kier molecular flexibility index (Phi) is 4.32. The fourth-order valence-corrected chi connectivity index (χ4v) is 1.77. The highest BCUT2D eigenvalue weighted by Crippen LogP contribution is 2.31. The number of hydrazine groups is 1. The largest absolute Gasteiger partial charge is 0.416 e. The molecule has 0 atom stereocenters. The van der Waals surface area contributed by atoms with Crippen LogP contribution in [0.4, 0.5) is 24.8 Å². The minimum absolute atomic E-state index is 0.0508. The number of aryl methyl sites for hydroxylation is 1. The summed E-state index contributed by atoms with van der Waals surface area (Å²) in [6, 6.07) is 3.64. The number of aromatic nitrogens is 3. The van der Waals surface area contributed by atoms with Gasteiger partial charge in [0.2, 0.25) is 0 Å². The monoisotopic (exact) mass is 300 g/mol. The smallest absolute Gasteiger partial charge is 0.370 e. The predicted octanol–water partition coefficient (Wildman–Crippen LogP) is 1.77. The van der Waals surface area contributed by atoms with Crippen LogP contribution in [0.3, 0.4) is 0 Å². The molecule has 0 saturated heterocycles. The molecule has 0 amide bonds. The van der Waals surface area contributed by atoms with Crippen LogP contribution < -0.4 is 16.6 Å². The third-order valence-corrected chi connectivity index (χ3v) is 2.76. The van der Waals surface area contributed by atoms with Gasteiger partial charge in [-0.15, -0.1) is 0 Å². The standard InChI is InChI=1S/C12H15F3N6/c1-21-5-3-9(20-21)2-4-17-10-6-8(12(13,14)15)7-11(18-10)19-16/h3,5-7H,2,4,16H2,1H3,(H2,17,18,19). The summed E-state index contributed by atoms with van der Waals surface area (Å²) in [4.78, 5) is 3.93. The number of nitrogens with two attached hydrogens (primary N) is 1. The molecule has 0 saturated carbocycles. The number of hydrogen-bond acceptors (Lipinski definition) is 5. The molecule has 6 nitrogen and oxygen atoms in total. The first-order valence-electron chi connectivity index (χ1n) is 6.17. The summed E-state index contributed by atoms with van der Waals surface area (Å²) in [5.41, 5.74) is 2.15. The van der Waals surface area contributed by atoms with Gasteiger partial charge in [0.1, 0.15) is 11.6 Å². The number of anilines is 2. The molecule has 0 aromatic carbocycles. The lowest BCUT2D eigenvalue weighted by atomic mass is 10.2. The summed E-state index contributed by atoms with van der Waals surface area (Å²) in [7, 11) is 1.80. The number of rotatable bonds is 5. The van der Waals surface area contributed by atoms with Crippen molar-refractivity contribution in [2.45, 2.75) is 12.6 Å². The normalized spacial score (nSPS) is 11.5. The molecule has 0 fully saturated rings. The first kappa shape index (κ1) is 15.1. The Hall–Kier alpha value is -2.29. The van der Waals surface area contributed by atoms with E-state index in [-0.39, 0.29) is 11.6 Å². The van der Waals surface area contributed by atoms with Gasteiger partial charge in [-0.3, -0.25) is 4.68 Å². The van der Waals surface area contributed by atoms with E-state index in [1.165, 1.54) is 0 Å². The molecule has 0 aliphatic rings. The Morgan fingerprint density at radius 1 is 1.29 bits per heavy atom. The summed E-state index contributed by atoms with van der Waals surface area (Å²) in [5, 5.41) is 7.01. The van der Waals surface area contributed by atoms with E-state index in [4.69, 9.17) is 5.84 Å². The second-order valence-corrected chi connectivity index (χ2v) is 4.43. The summed E-state index contributed by atoms with van der Waals surface area (Å²) in [6.45, 7) is 0.412. The van der Waals surface area contributed by atoms with Crippen molar-refractivity contribution in [2.24, 2.45) is 12.9 Å². The SMILES string of the molecule is Cn1ccc(CCNc2cc(C(F)(F)F)cc(NN)n2)n1. The van der Waals surface area contributed by atoms with Crippen molar-refractivity contribution in [1.82, 2.24) is 14.8 Å². The van der Waals surface area contributed by atoms with E-state index < -0.39 is 11.7 Å². The van der Waals surface area contributed by atoms with Crippen molar-refractivity contribution in [3.05, 3.63) is 35.7 Å². The molecule has 9 heteroatoms. The zero-order valence-electron chi connectivity index (χ0n) is 11.3. The van der Waals surface area contributed by atoms with Crippen molar-refractivity contribution in [1.29, 1.82) is 0 Å². The average Bonchev–Trinajstić information content (AvgIpc) is 2.83. The Morgan fingerprint density at radius 3 is 2.57 bits per heavy atom. The lowest BCUT2D eigenvalue weighted by Crippen LogP contribution is -2.14. The highest BCUT2D eigenvalue weighted by Gasteiger charge is 2.31. The van der Waals surface area contributed by atoms with Crippen LogP contribution >= 0.6 is 0 Å². The number of nitrogen functional groups attached to an aromatic ring is 1. The van der Waals surface area contributed by atoms with Crippen LogP contribution in [-0.4, -0.2) is 21.3 Å². The van der Waals surface area contributed by atoms with E-state index in [0.717, 1.165) is 17.8 Å². The molecule has 0 bridgehead atoms. The summed E-state index contributed by atoms with van der Waals surface area (Å²) in [5.74, 6) is 5.19. The minimum atomic E-state index is -4.45. The molecule has 4 N–H and O–H groups in total. The van der Waals surface area contributed by atoms with Gasteiger partial charge in [-0.05, 0) is 18.2 Å². The Labute approximate surface area is 119 Å². The molecule has 0 radical (unpaired) electrons. The van der Waals surface area contributed by atoms with Crippen LogP contribution in [0.25, 0.3) is 0 Å². The van der Waals surface area contributed by atoms with Crippen LogP contribution in [0, 0.1) is 0 Å². The van der Waals surface area contributed by atoms with Gasteiger partial charge >= 0.3 is 6.18 Å². The summed E-state index contributed by atoms with van der Waals surface area (Å²) < 4.78 is 39.9. The number of nitrogens with zero attached hydrogens (tertiary/aromatic N) is 3. The van der Waals surface area contributed by atoms with Gasteiger partial charge in [0.25, 0.3) is 0 Å². The molecule has 0 spiro atoms. The molecule has 0 unspecified atom stereocenters. The van der Waals surface area contributed by atoms with Crippen LogP contribution in [0.1, 0.15) is 11.3 Å². The maximum absolute atomic E-state index is 12.7. The lowest BCUT2D eigenvalue weighted by molar-refractivity contribution is -0.137. The van der Waals surface area contributed by atoms with Gasteiger partial charge < -0.3 is 10.7 Å². The van der Waals surface area contributed by atoms with Gasteiger partial charge in [-0.1, -0.05) is 0 Å². The molecule has 21 heavy (non-hydrogen) atoms. The van der Waals surface area contributed by atoms with Crippen molar-refractivity contribution in [2.75, 3.05) is 17.3 Å². The van der Waals surface area contributed by atoms with Gasteiger partial charge in [-0.2, -0.15) is 18.3 Å². The van der Waals surface area contributed by atoms with Crippen molar-refractivity contribution < 1.29 is 13.2 Å². The van der Waals surface area contributed by atoms with Gasteiger partial charge in [0.05, 0.1) is 11.3 Å². The maximum atomic E-state index is 12.7. The molecular formula is C12H15F3N6. The van der Waals surface area contributed by atoms with Crippen LogP contribution in [0.5, 0.6) is 0 Å². The van der Waals surface area contributed by atoms with Gasteiger partial charge in [0.15, 0.2) is 0 Å². The Balaban J connectivity index is 2.05. The highest BCUT2D eigenvalue weighted by atomic mass is 19.4. The van der Waals surface area contributed by atoms with Crippen LogP contribution in [0.2, 0.25) is 0 Å². The average molecular weight is 300 g/mol. The molecule has 0 aliphatic heterocycles. The number of alkyl halides is 3. The van der Waals surface area contributed by atoms with Gasteiger partial charge in [0, 0.05) is 26.2 Å². The van der Waals surface area contributed by atoms with E-state index in [0.29, 0.717) is 13.0 Å². The lowest BCUT2D eigenvalue weighted by Gasteiger charge is -2.12. The van der Waals surface area contributed by atoms with Crippen molar-refractivity contribution in [3.63, 3.8) is 0 Å². The molecule has 2 rings (SSSR count). The third kappa shape index (κ3) is 4.09. The first-order chi connectivity index (χ1) is 9.88. The highest BCUT2D eigenvalue weighted by molar-refractivity contribution is 5.49. The molecular weight excluding hydrogens is 285 g/mol. The number of hydrogen-bond donors (Lipinski definition) is 3. The second kappa shape index (κ2) is 6.00. The van der Waals surface area contributed by atoms with Crippen LogP contribution in [0.15, 0.2) is 24.4 Å². The fourth-order valence-electron chi connectivity index (χ4n) is 1.77. The predicted molar refractivity (Wildman–Crippen MR) is 72.5 cm³/mol. The molecule has 114 valence electrons. The quantitative estimate of drug-likeness (QED) is 0.579. The molecule has 2 aromatic rings. The first-order valence-corrected chi connectivity index (χ1v) is 6.17. The van der Waals surface area contributed by atoms with E-state index in [1.54, 1.807) is 17.9 Å². The Bertz CT molecular complexity index is 607.